The molecule has 1 N–H and O–H groups in total. The van der Waals surface area contributed by atoms with Crippen molar-refractivity contribution in [1.29, 1.82) is 0 Å². The van der Waals surface area contributed by atoms with E-state index in [-0.39, 0.29) is 0 Å². The second-order valence-corrected chi connectivity index (χ2v) is 2.75. The molecule has 7 nitrogen and oxygen atoms in total. The largest absolute Gasteiger partial charge is 0.540 e. The molecule has 0 saturated heterocycles. The summed E-state index contributed by atoms with van der Waals surface area (Å²) in [5.41, 5.74) is -0.591. The van der Waals surface area contributed by atoms with E-state index < -0.39 is 11.8 Å². The lowest BCUT2D eigenvalue weighted by atomic mass is 10.2. The minimum absolute atomic E-state index is 0.591. The van der Waals surface area contributed by atoms with E-state index in [0.29, 0.717) is 0 Å². The van der Waals surface area contributed by atoms with Crippen LogP contribution in [0, 0.1) is 0 Å². The van der Waals surface area contributed by atoms with Gasteiger partial charge in [-0.1, -0.05) is 0 Å². The summed E-state index contributed by atoms with van der Waals surface area (Å²) in [6.45, 7) is 5.07. The van der Waals surface area contributed by atoms with Crippen LogP contribution in [0.1, 0.15) is 20.8 Å². The molecule has 0 aliphatic carbocycles. The zero-order chi connectivity index (χ0) is 9.61. The molecule has 0 amide bonds. The lowest BCUT2D eigenvalue weighted by Crippen LogP contribution is -2.19. The first-order valence-corrected chi connectivity index (χ1v) is 3.00. The maximum absolute atomic E-state index is 9.64. The highest BCUT2D eigenvalue weighted by Crippen LogP contribution is 2.06. The van der Waals surface area contributed by atoms with Gasteiger partial charge in [0.1, 0.15) is 0 Å². The van der Waals surface area contributed by atoms with Crippen LogP contribution in [0.25, 0.3) is 0 Å². The molecule has 0 radical (unpaired) electrons. The highest BCUT2D eigenvalue weighted by molar-refractivity contribution is 5.55. The maximum Gasteiger partial charge on any atom is 0.540 e. The minimum atomic E-state index is -1.66. The Morgan fingerprint density at radius 1 is 1.17 bits per heavy atom. The predicted molar refractivity (Wildman–Crippen MR) is 33.2 cm³/mol. The van der Waals surface area contributed by atoms with Crippen LogP contribution < -0.4 is 0 Å². The van der Waals surface area contributed by atoms with Gasteiger partial charge < -0.3 is 5.11 Å². The Morgan fingerprint density at radius 2 is 1.75 bits per heavy atom. The first-order valence-electron chi connectivity index (χ1n) is 3.00. The molecule has 12 heavy (non-hydrogen) atoms. The summed E-state index contributed by atoms with van der Waals surface area (Å²) in [6, 6.07) is 0. The number of rotatable bonds is 4. The molecule has 0 aromatic rings. The number of hydrogen-bond donors (Lipinski definition) is 1. The van der Waals surface area contributed by atoms with E-state index in [0.717, 1.165) is 0 Å². The van der Waals surface area contributed by atoms with Crippen LogP contribution in [0.4, 0.5) is 4.79 Å². The van der Waals surface area contributed by atoms with Gasteiger partial charge in [0.05, 0.1) is 5.60 Å². The van der Waals surface area contributed by atoms with Gasteiger partial charge in [0, 0.05) is 10.1 Å². The van der Waals surface area contributed by atoms with Gasteiger partial charge in [-0.2, -0.15) is 4.89 Å². The van der Waals surface area contributed by atoms with E-state index in [2.05, 4.69) is 24.9 Å². The lowest BCUT2D eigenvalue weighted by Gasteiger charge is -2.14. The molecule has 7 heteroatoms. The third kappa shape index (κ3) is 9.11. The average Bonchev–Trinajstić information content (AvgIpc) is 1.83. The molecular weight excluding hydrogens is 172 g/mol. The molecule has 0 unspecified atom stereocenters. The maximum atomic E-state index is 9.64. The van der Waals surface area contributed by atoms with Gasteiger partial charge in [-0.3, -0.25) is 0 Å². The van der Waals surface area contributed by atoms with Crippen molar-refractivity contribution < 1.29 is 34.8 Å². The van der Waals surface area contributed by atoms with Gasteiger partial charge in [0.2, 0.25) is 0 Å². The Morgan fingerprint density at radius 3 is 2.17 bits per heavy atom. The summed E-state index contributed by atoms with van der Waals surface area (Å²) < 4.78 is 0. The second kappa shape index (κ2) is 4.88. The van der Waals surface area contributed by atoms with Crippen LogP contribution in [0.15, 0.2) is 0 Å². The van der Waals surface area contributed by atoms with Crippen molar-refractivity contribution in [2.75, 3.05) is 0 Å². The van der Waals surface area contributed by atoms with Gasteiger partial charge in [0.15, 0.2) is 0 Å². The number of carbonyl (C=O) groups is 1. The molecule has 0 fully saturated rings. The Hall–Kier alpha value is -0.890. The molecule has 0 atom stereocenters. The number of carboxylic acid groups (broad SMARTS) is 1. The molecule has 0 aliphatic rings. The van der Waals surface area contributed by atoms with Crippen LogP contribution >= 0.6 is 0 Å². The number of hydrogen-bond acceptors (Lipinski definition) is 6. The van der Waals surface area contributed by atoms with Crippen LogP contribution in [0.2, 0.25) is 0 Å². The van der Waals surface area contributed by atoms with Gasteiger partial charge in [-0.25, -0.2) is 9.68 Å². The smallest absolute Gasteiger partial charge is 0.448 e. The fourth-order valence-electron chi connectivity index (χ4n) is 0.170. The SMILES string of the molecule is CC(C)(C)OOOOOC(=O)O. The molecule has 0 aromatic carbocycles. The summed E-state index contributed by atoms with van der Waals surface area (Å²) in [5, 5.41) is 19.0. The lowest BCUT2D eigenvalue weighted by molar-refractivity contribution is -0.707. The molecule has 0 aliphatic heterocycles. The molecular formula is C5H10O7. The van der Waals surface area contributed by atoms with Gasteiger partial charge in [0.25, 0.3) is 0 Å². The Bertz CT molecular complexity index is 137. The molecule has 72 valence electrons. The normalized spacial score (nSPS) is 11.2. The quantitative estimate of drug-likeness (QED) is 0.397. The summed E-state index contributed by atoms with van der Waals surface area (Å²) in [7, 11) is 0. The van der Waals surface area contributed by atoms with E-state index in [1.807, 2.05) is 0 Å². The summed E-state index contributed by atoms with van der Waals surface area (Å²) in [5.74, 6) is 0. The molecule has 0 saturated carbocycles. The Kier molecular flexibility index (Phi) is 4.52. The molecule has 0 bridgehead atoms. The Balaban J connectivity index is 3.17. The zero-order valence-electron chi connectivity index (χ0n) is 6.90. The van der Waals surface area contributed by atoms with Crippen LogP contribution in [-0.2, 0) is 24.9 Å². The zero-order valence-corrected chi connectivity index (χ0v) is 6.90. The van der Waals surface area contributed by atoms with E-state index in [1.54, 1.807) is 20.8 Å². The van der Waals surface area contributed by atoms with Crippen molar-refractivity contribution in [3.8, 4) is 0 Å². The first kappa shape index (κ1) is 11.1. The van der Waals surface area contributed by atoms with Crippen molar-refractivity contribution >= 4 is 6.16 Å². The molecule has 0 aromatic heterocycles. The van der Waals surface area contributed by atoms with Crippen LogP contribution in [0.3, 0.4) is 0 Å². The Labute approximate surface area is 68.4 Å². The van der Waals surface area contributed by atoms with Gasteiger partial charge in [-0.15, -0.1) is 0 Å². The predicted octanol–water partition coefficient (Wildman–Crippen LogP) is 1.21. The third-order valence-corrected chi connectivity index (χ3v) is 0.445. The second-order valence-electron chi connectivity index (χ2n) is 2.75. The topological polar surface area (TPSA) is 83.5 Å². The fourth-order valence-corrected chi connectivity index (χ4v) is 0.170. The van der Waals surface area contributed by atoms with Crippen molar-refractivity contribution in [2.24, 2.45) is 0 Å². The first-order chi connectivity index (χ1) is 5.42. The standard InChI is InChI=1S/C5H10O7/c1-5(2,3)9-11-12-10-8-4(6)7/h1-3H3,(H,6,7). The van der Waals surface area contributed by atoms with Crippen LogP contribution in [-0.4, -0.2) is 16.9 Å². The van der Waals surface area contributed by atoms with E-state index >= 15 is 0 Å². The highest BCUT2D eigenvalue weighted by Gasteiger charge is 2.12. The molecule has 0 heterocycles. The average molecular weight is 182 g/mol. The highest BCUT2D eigenvalue weighted by atomic mass is 17.8. The molecule has 0 spiro atoms. The fraction of sp³-hybridized carbons (Fsp3) is 0.800. The van der Waals surface area contributed by atoms with Crippen molar-refractivity contribution in [3.63, 3.8) is 0 Å². The summed E-state index contributed by atoms with van der Waals surface area (Å²) in [6.07, 6.45) is -1.66. The minimum Gasteiger partial charge on any atom is -0.448 e. The van der Waals surface area contributed by atoms with Crippen molar-refractivity contribution in [2.45, 2.75) is 26.4 Å². The molecule has 0 rings (SSSR count). The van der Waals surface area contributed by atoms with E-state index in [4.69, 9.17) is 5.11 Å². The van der Waals surface area contributed by atoms with Crippen LogP contribution in [0.5, 0.6) is 0 Å². The van der Waals surface area contributed by atoms with Gasteiger partial charge >= 0.3 is 6.16 Å². The third-order valence-electron chi connectivity index (χ3n) is 0.445. The monoisotopic (exact) mass is 182 g/mol. The van der Waals surface area contributed by atoms with E-state index in [9.17, 15) is 4.79 Å². The van der Waals surface area contributed by atoms with E-state index in [1.165, 1.54) is 0 Å². The van der Waals surface area contributed by atoms with Gasteiger partial charge in [-0.05, 0) is 25.8 Å². The van der Waals surface area contributed by atoms with Crippen molar-refractivity contribution in [1.82, 2.24) is 0 Å². The summed E-state index contributed by atoms with van der Waals surface area (Å²) in [4.78, 5) is 17.6. The van der Waals surface area contributed by atoms with Crippen molar-refractivity contribution in [3.05, 3.63) is 0 Å². The summed E-state index contributed by atoms with van der Waals surface area (Å²) >= 11 is 0.